The molecule has 0 bridgehead atoms. The summed E-state index contributed by atoms with van der Waals surface area (Å²) in [6.45, 7) is 2.66. The van der Waals surface area contributed by atoms with Crippen LogP contribution in [0.5, 0.6) is 0 Å². The number of esters is 1. The molecule has 1 saturated heterocycles. The van der Waals surface area contributed by atoms with Gasteiger partial charge < -0.3 is 24.6 Å². The van der Waals surface area contributed by atoms with Crippen LogP contribution >= 0.6 is 23.1 Å². The Hall–Kier alpha value is -0.980. The fourth-order valence-corrected chi connectivity index (χ4v) is 5.02. The molecule has 4 atom stereocenters. The summed E-state index contributed by atoms with van der Waals surface area (Å²) in [6.07, 6.45) is -0.943. The summed E-state index contributed by atoms with van der Waals surface area (Å²) in [5, 5.41) is 29.2. The summed E-state index contributed by atoms with van der Waals surface area (Å²) in [5.74, 6) is -3.47. The zero-order valence-electron chi connectivity index (χ0n) is 14.9. The van der Waals surface area contributed by atoms with Gasteiger partial charge in [-0.1, -0.05) is 23.1 Å². The molecule has 0 aromatic carbocycles. The van der Waals surface area contributed by atoms with Crippen molar-refractivity contribution in [3.05, 3.63) is 16.8 Å². The Morgan fingerprint density at radius 2 is 2.22 bits per heavy atom. The van der Waals surface area contributed by atoms with Gasteiger partial charge in [-0.25, -0.2) is 0 Å². The number of aliphatic hydroxyl groups is 1. The molecule has 1 N–H and O–H groups in total. The van der Waals surface area contributed by atoms with Gasteiger partial charge in [-0.05, 0) is 12.5 Å². The molecule has 2 aliphatic rings. The van der Waals surface area contributed by atoms with E-state index in [9.17, 15) is 24.6 Å². The van der Waals surface area contributed by atoms with Crippen molar-refractivity contribution in [2.24, 2.45) is 11.8 Å². The van der Waals surface area contributed by atoms with Crippen LogP contribution in [0.3, 0.4) is 0 Å². The Kier molecular flexibility index (Phi) is 7.45. The minimum atomic E-state index is -1.47. The number of ether oxygens (including phenoxy) is 1. The standard InChI is InChI=1S/C15H17N3O6S2.Na/c1-6(19)10-11-8(3-24-7(2)20)9(4-25-15-17-16-5-26-15)12(14(22)23)18(11)13(10)21;/h5-6,8,10-11,19H,3-4H2,1-2H3,(H,22,23);/q;+1/p-1/t6-,8-,10-,11+;/m1./s1. The zero-order chi connectivity index (χ0) is 19.0. The van der Waals surface area contributed by atoms with Crippen molar-refractivity contribution in [2.75, 3.05) is 12.4 Å². The monoisotopic (exact) mass is 421 g/mol. The maximum atomic E-state index is 12.4. The molecule has 12 heteroatoms. The van der Waals surface area contributed by atoms with E-state index in [1.54, 1.807) is 5.51 Å². The topological polar surface area (TPSA) is 133 Å². The van der Waals surface area contributed by atoms with Crippen LogP contribution in [0.2, 0.25) is 0 Å². The van der Waals surface area contributed by atoms with E-state index in [0.717, 1.165) is 4.90 Å². The summed E-state index contributed by atoms with van der Waals surface area (Å²) in [7, 11) is 0. The number of rotatable bonds is 7. The van der Waals surface area contributed by atoms with E-state index in [2.05, 4.69) is 10.2 Å². The fourth-order valence-electron chi connectivity index (χ4n) is 3.43. The van der Waals surface area contributed by atoms with Crippen molar-refractivity contribution >= 4 is 40.9 Å². The minimum Gasteiger partial charge on any atom is -0.543 e. The molecule has 3 rings (SSSR count). The first kappa shape index (κ1) is 22.3. The second-order valence-corrected chi connectivity index (χ2v) is 8.08. The van der Waals surface area contributed by atoms with E-state index in [1.807, 2.05) is 0 Å². The van der Waals surface area contributed by atoms with Gasteiger partial charge in [0.1, 0.15) is 5.51 Å². The molecule has 1 fully saturated rings. The molecule has 0 radical (unpaired) electrons. The van der Waals surface area contributed by atoms with Crippen molar-refractivity contribution in [3.8, 4) is 0 Å². The zero-order valence-corrected chi connectivity index (χ0v) is 18.6. The third-order valence-corrected chi connectivity index (χ3v) is 6.37. The molecule has 9 nitrogen and oxygen atoms in total. The third-order valence-electron chi connectivity index (χ3n) is 4.46. The molecule has 0 aliphatic carbocycles. The van der Waals surface area contributed by atoms with Gasteiger partial charge in [0.25, 0.3) is 0 Å². The summed E-state index contributed by atoms with van der Waals surface area (Å²) in [5.41, 5.74) is 1.79. The minimum absolute atomic E-state index is 0. The number of hydrogen-bond donors (Lipinski definition) is 1. The largest absolute Gasteiger partial charge is 1.00 e. The number of β-lactam (4-membered cyclic amide) rings is 1. The first-order valence-corrected chi connectivity index (χ1v) is 9.67. The van der Waals surface area contributed by atoms with Crippen LogP contribution in [-0.2, 0) is 19.1 Å². The van der Waals surface area contributed by atoms with Crippen LogP contribution in [0.15, 0.2) is 21.1 Å². The number of aliphatic carboxylic acids is 1. The summed E-state index contributed by atoms with van der Waals surface area (Å²) in [4.78, 5) is 36.5. The van der Waals surface area contributed by atoms with E-state index < -0.39 is 41.8 Å². The Morgan fingerprint density at radius 1 is 1.52 bits per heavy atom. The van der Waals surface area contributed by atoms with Crippen LogP contribution in [0.25, 0.3) is 0 Å². The van der Waals surface area contributed by atoms with Crippen LogP contribution in [0.1, 0.15) is 13.8 Å². The van der Waals surface area contributed by atoms with Gasteiger partial charge in [0, 0.05) is 18.6 Å². The van der Waals surface area contributed by atoms with Crippen molar-refractivity contribution < 1.29 is 58.9 Å². The number of carboxylic acid groups (broad SMARTS) is 1. The molecular weight excluding hydrogens is 405 g/mol. The van der Waals surface area contributed by atoms with Crippen LogP contribution < -0.4 is 34.7 Å². The molecule has 0 spiro atoms. The Labute approximate surface area is 185 Å². The average molecular weight is 421 g/mol. The summed E-state index contributed by atoms with van der Waals surface area (Å²) < 4.78 is 5.74. The number of carbonyl (C=O) groups is 3. The normalized spacial score (nSPS) is 24.8. The molecule has 140 valence electrons. The number of hydrogen-bond acceptors (Lipinski definition) is 10. The van der Waals surface area contributed by atoms with Gasteiger partial charge in [-0.2, -0.15) is 0 Å². The van der Waals surface area contributed by atoms with Crippen LogP contribution in [0.4, 0.5) is 0 Å². The van der Waals surface area contributed by atoms with Gasteiger partial charge in [-0.15, -0.1) is 10.2 Å². The predicted octanol–water partition coefficient (Wildman–Crippen LogP) is -3.96. The maximum Gasteiger partial charge on any atom is 1.00 e. The second-order valence-electron chi connectivity index (χ2n) is 6.03. The Bertz CT molecular complexity index is 770. The number of amides is 1. The molecule has 0 saturated carbocycles. The molecule has 3 heterocycles. The van der Waals surface area contributed by atoms with Crippen molar-refractivity contribution in [1.29, 1.82) is 0 Å². The summed E-state index contributed by atoms with van der Waals surface area (Å²) >= 11 is 2.59. The Morgan fingerprint density at radius 3 is 2.74 bits per heavy atom. The van der Waals surface area contributed by atoms with Crippen molar-refractivity contribution in [3.63, 3.8) is 0 Å². The van der Waals surface area contributed by atoms with Gasteiger partial charge in [0.2, 0.25) is 5.91 Å². The molecule has 27 heavy (non-hydrogen) atoms. The molecule has 1 aromatic heterocycles. The van der Waals surface area contributed by atoms with Crippen LogP contribution in [-0.4, -0.2) is 62.6 Å². The number of thioether (sulfide) groups is 1. The summed E-state index contributed by atoms with van der Waals surface area (Å²) in [6, 6.07) is -0.570. The van der Waals surface area contributed by atoms with E-state index >= 15 is 0 Å². The number of aliphatic hydroxyl groups excluding tert-OH is 1. The second kappa shape index (κ2) is 9.01. The molecule has 0 unspecified atom stereocenters. The van der Waals surface area contributed by atoms with Gasteiger partial charge in [0.15, 0.2) is 4.34 Å². The predicted molar refractivity (Wildman–Crippen MR) is 88.6 cm³/mol. The Balaban J connectivity index is 0.00000261. The average Bonchev–Trinajstić information content (AvgIpc) is 3.14. The molecular formula is C15H16N3NaO6S2. The molecule has 1 aromatic rings. The number of fused-ring (bicyclic) bond motifs is 1. The van der Waals surface area contributed by atoms with Crippen molar-refractivity contribution in [2.45, 2.75) is 30.3 Å². The van der Waals surface area contributed by atoms with Gasteiger partial charge in [0.05, 0.1) is 36.3 Å². The van der Waals surface area contributed by atoms with E-state index in [1.165, 1.54) is 36.9 Å². The van der Waals surface area contributed by atoms with Crippen LogP contribution in [0, 0.1) is 11.8 Å². The number of carboxylic acids is 1. The van der Waals surface area contributed by atoms with Crippen molar-refractivity contribution in [1.82, 2.24) is 15.1 Å². The quantitative estimate of drug-likeness (QED) is 0.203. The van der Waals surface area contributed by atoms with Gasteiger partial charge in [-0.3, -0.25) is 9.59 Å². The van der Waals surface area contributed by atoms with E-state index in [4.69, 9.17) is 4.74 Å². The first-order valence-electron chi connectivity index (χ1n) is 7.80. The van der Waals surface area contributed by atoms with Gasteiger partial charge >= 0.3 is 35.5 Å². The third kappa shape index (κ3) is 4.22. The number of aromatic nitrogens is 2. The fraction of sp³-hybridized carbons (Fsp3) is 0.533. The maximum absolute atomic E-state index is 12.4. The molecule has 1 amide bonds. The molecule has 2 aliphatic heterocycles. The number of carbonyl (C=O) groups excluding carboxylic acids is 3. The van der Waals surface area contributed by atoms with E-state index in [-0.39, 0.29) is 47.6 Å². The first-order chi connectivity index (χ1) is 12.3. The smallest absolute Gasteiger partial charge is 0.543 e. The van der Waals surface area contributed by atoms with E-state index in [0.29, 0.717) is 9.91 Å². The SMILES string of the molecule is CC(=O)OC[C@@H]1C(CSc2nncs2)=C(C(=O)[O-])N2C(=O)[C@H]([C@@H](C)O)[C@H]12.[Na+]. The number of nitrogens with zero attached hydrogens (tertiary/aromatic N) is 3.